The van der Waals surface area contributed by atoms with Crippen molar-refractivity contribution in [2.24, 2.45) is 5.73 Å². The largest absolute Gasteiger partial charge is 0.364 e. The van der Waals surface area contributed by atoms with Gasteiger partial charge in [0.2, 0.25) is 0 Å². The summed E-state index contributed by atoms with van der Waals surface area (Å²) in [5.74, 6) is -0.227. The number of carbonyl (C=O) groups excluding carboxylic acids is 1. The summed E-state index contributed by atoms with van der Waals surface area (Å²) < 4.78 is 0. The molecule has 1 aliphatic heterocycles. The SMILES string of the molecule is CCNC(=O)c1ccc([N+](=O)[O-])c(N2CCCC(N)C2)c1. The number of nitrogens with one attached hydrogen (secondary N) is 1. The fourth-order valence-electron chi connectivity index (χ4n) is 2.56. The molecule has 1 amide bonds. The Bertz CT molecular complexity index is 547. The van der Waals surface area contributed by atoms with Crippen LogP contribution < -0.4 is 16.0 Å². The van der Waals surface area contributed by atoms with Gasteiger partial charge in [-0.1, -0.05) is 0 Å². The Morgan fingerprint density at radius 3 is 2.95 bits per heavy atom. The van der Waals surface area contributed by atoms with Gasteiger partial charge in [0.05, 0.1) is 4.92 Å². The van der Waals surface area contributed by atoms with E-state index < -0.39 is 4.92 Å². The van der Waals surface area contributed by atoms with E-state index in [1.54, 1.807) is 6.07 Å². The number of amides is 1. The molecule has 114 valence electrons. The van der Waals surface area contributed by atoms with Crippen LogP contribution in [0.4, 0.5) is 11.4 Å². The van der Waals surface area contributed by atoms with Crippen LogP contribution >= 0.6 is 0 Å². The lowest BCUT2D eigenvalue weighted by atomic mass is 10.0. The number of carbonyl (C=O) groups is 1. The first-order valence-electron chi connectivity index (χ1n) is 7.10. The Kier molecular flexibility index (Phi) is 4.74. The standard InChI is InChI=1S/C14H20N4O3/c1-2-16-14(19)10-5-6-12(18(20)21)13(8-10)17-7-3-4-11(15)9-17/h5-6,8,11H,2-4,7,9,15H2,1H3,(H,16,19). The second-order valence-electron chi connectivity index (χ2n) is 5.17. The first-order valence-corrected chi connectivity index (χ1v) is 7.10. The van der Waals surface area contributed by atoms with Crippen molar-refractivity contribution in [2.75, 3.05) is 24.5 Å². The van der Waals surface area contributed by atoms with Gasteiger partial charge in [0.15, 0.2) is 0 Å². The molecular formula is C14H20N4O3. The van der Waals surface area contributed by atoms with Gasteiger partial charge in [-0.25, -0.2) is 0 Å². The number of benzene rings is 1. The molecule has 1 aromatic carbocycles. The minimum Gasteiger partial charge on any atom is -0.364 e. The molecule has 0 saturated carbocycles. The van der Waals surface area contributed by atoms with Crippen molar-refractivity contribution >= 4 is 17.3 Å². The Hall–Kier alpha value is -2.15. The summed E-state index contributed by atoms with van der Waals surface area (Å²) >= 11 is 0. The highest BCUT2D eigenvalue weighted by Gasteiger charge is 2.25. The molecule has 3 N–H and O–H groups in total. The molecule has 0 spiro atoms. The van der Waals surface area contributed by atoms with Crippen molar-refractivity contribution in [1.29, 1.82) is 0 Å². The Morgan fingerprint density at radius 2 is 2.33 bits per heavy atom. The van der Waals surface area contributed by atoms with Gasteiger partial charge < -0.3 is 16.0 Å². The maximum absolute atomic E-state index is 11.9. The summed E-state index contributed by atoms with van der Waals surface area (Å²) in [7, 11) is 0. The summed E-state index contributed by atoms with van der Waals surface area (Å²) in [4.78, 5) is 24.6. The zero-order valence-electron chi connectivity index (χ0n) is 12.0. The maximum Gasteiger partial charge on any atom is 0.292 e. The van der Waals surface area contributed by atoms with Crippen LogP contribution in [-0.2, 0) is 0 Å². The number of rotatable bonds is 4. The molecule has 1 saturated heterocycles. The Labute approximate surface area is 123 Å². The quantitative estimate of drug-likeness (QED) is 0.643. The van der Waals surface area contributed by atoms with Crippen molar-refractivity contribution in [3.05, 3.63) is 33.9 Å². The molecule has 0 bridgehead atoms. The number of nitrogens with two attached hydrogens (primary N) is 1. The summed E-state index contributed by atoms with van der Waals surface area (Å²) in [6.07, 6.45) is 1.81. The lowest BCUT2D eigenvalue weighted by Crippen LogP contribution is -2.43. The van der Waals surface area contributed by atoms with Gasteiger partial charge in [-0.15, -0.1) is 0 Å². The topological polar surface area (TPSA) is 101 Å². The molecule has 2 rings (SSSR count). The first kappa shape index (κ1) is 15.2. The maximum atomic E-state index is 11.9. The van der Waals surface area contributed by atoms with Crippen LogP contribution in [-0.4, -0.2) is 36.5 Å². The highest BCUT2D eigenvalue weighted by Crippen LogP contribution is 2.31. The molecule has 0 radical (unpaired) electrons. The second-order valence-corrected chi connectivity index (χ2v) is 5.17. The van der Waals surface area contributed by atoms with E-state index in [4.69, 9.17) is 5.73 Å². The van der Waals surface area contributed by atoms with Crippen LogP contribution in [0.5, 0.6) is 0 Å². The van der Waals surface area contributed by atoms with Gasteiger partial charge in [0, 0.05) is 37.3 Å². The van der Waals surface area contributed by atoms with Crippen molar-refractivity contribution < 1.29 is 9.72 Å². The minimum atomic E-state index is -0.420. The zero-order valence-corrected chi connectivity index (χ0v) is 12.0. The average Bonchev–Trinajstić information content (AvgIpc) is 2.46. The van der Waals surface area contributed by atoms with Gasteiger partial charge in [-0.05, 0) is 31.9 Å². The molecule has 1 aromatic rings. The molecule has 1 fully saturated rings. The molecule has 1 unspecified atom stereocenters. The van der Waals surface area contributed by atoms with E-state index in [0.717, 1.165) is 12.8 Å². The molecule has 7 nitrogen and oxygen atoms in total. The summed E-state index contributed by atoms with van der Waals surface area (Å²) in [5, 5.41) is 13.9. The van der Waals surface area contributed by atoms with Gasteiger partial charge in [-0.2, -0.15) is 0 Å². The Morgan fingerprint density at radius 1 is 1.57 bits per heavy atom. The van der Waals surface area contributed by atoms with Crippen LogP contribution in [0.1, 0.15) is 30.1 Å². The number of piperidine rings is 1. The van der Waals surface area contributed by atoms with E-state index in [-0.39, 0.29) is 17.6 Å². The normalized spacial score (nSPS) is 18.4. The number of nitro benzene ring substituents is 1. The molecule has 1 aliphatic rings. The summed E-state index contributed by atoms with van der Waals surface area (Å²) in [6.45, 7) is 3.63. The molecule has 21 heavy (non-hydrogen) atoms. The van der Waals surface area contributed by atoms with E-state index >= 15 is 0 Å². The van der Waals surface area contributed by atoms with Crippen LogP contribution in [0, 0.1) is 10.1 Å². The van der Waals surface area contributed by atoms with E-state index in [1.165, 1.54) is 12.1 Å². The van der Waals surface area contributed by atoms with E-state index in [0.29, 0.717) is 30.9 Å². The van der Waals surface area contributed by atoms with Crippen molar-refractivity contribution in [3.63, 3.8) is 0 Å². The number of hydrogen-bond donors (Lipinski definition) is 2. The summed E-state index contributed by atoms with van der Waals surface area (Å²) in [5.41, 5.74) is 6.85. The third-order valence-electron chi connectivity index (χ3n) is 3.57. The molecule has 1 atom stereocenters. The van der Waals surface area contributed by atoms with Gasteiger partial charge in [0.1, 0.15) is 5.69 Å². The predicted molar refractivity (Wildman–Crippen MR) is 80.5 cm³/mol. The second kappa shape index (κ2) is 6.53. The fraction of sp³-hybridized carbons (Fsp3) is 0.500. The zero-order chi connectivity index (χ0) is 15.4. The van der Waals surface area contributed by atoms with E-state index in [1.807, 2.05) is 11.8 Å². The van der Waals surface area contributed by atoms with Crippen molar-refractivity contribution in [1.82, 2.24) is 5.32 Å². The third kappa shape index (κ3) is 3.49. The smallest absolute Gasteiger partial charge is 0.292 e. The predicted octanol–water partition coefficient (Wildman–Crippen LogP) is 1.27. The van der Waals surface area contributed by atoms with Gasteiger partial charge >= 0.3 is 0 Å². The third-order valence-corrected chi connectivity index (χ3v) is 3.57. The van der Waals surface area contributed by atoms with Gasteiger partial charge in [0.25, 0.3) is 11.6 Å². The van der Waals surface area contributed by atoms with Crippen LogP contribution in [0.25, 0.3) is 0 Å². The Balaban J connectivity index is 2.37. The number of anilines is 1. The minimum absolute atomic E-state index is 0.00600. The highest BCUT2D eigenvalue weighted by atomic mass is 16.6. The number of nitrogens with zero attached hydrogens (tertiary/aromatic N) is 2. The monoisotopic (exact) mass is 292 g/mol. The highest BCUT2D eigenvalue weighted by molar-refractivity contribution is 5.96. The van der Waals surface area contributed by atoms with E-state index in [9.17, 15) is 14.9 Å². The lowest BCUT2D eigenvalue weighted by Gasteiger charge is -2.32. The first-order chi connectivity index (χ1) is 10.0. The molecule has 1 heterocycles. The van der Waals surface area contributed by atoms with Crippen LogP contribution in [0.2, 0.25) is 0 Å². The number of hydrogen-bond acceptors (Lipinski definition) is 5. The van der Waals surface area contributed by atoms with Crippen LogP contribution in [0.15, 0.2) is 18.2 Å². The molecule has 0 aliphatic carbocycles. The van der Waals surface area contributed by atoms with E-state index in [2.05, 4.69) is 5.32 Å². The van der Waals surface area contributed by atoms with Crippen LogP contribution in [0.3, 0.4) is 0 Å². The number of nitro groups is 1. The van der Waals surface area contributed by atoms with Crippen molar-refractivity contribution in [3.8, 4) is 0 Å². The molecule has 0 aromatic heterocycles. The van der Waals surface area contributed by atoms with Crippen molar-refractivity contribution in [2.45, 2.75) is 25.8 Å². The lowest BCUT2D eigenvalue weighted by molar-refractivity contribution is -0.384. The fourth-order valence-corrected chi connectivity index (χ4v) is 2.56. The average molecular weight is 292 g/mol. The molecular weight excluding hydrogens is 272 g/mol. The summed E-state index contributed by atoms with van der Waals surface area (Å²) in [6, 6.07) is 4.46. The van der Waals surface area contributed by atoms with Gasteiger partial charge in [-0.3, -0.25) is 14.9 Å². The molecule has 7 heteroatoms.